The maximum absolute atomic E-state index is 11.8. The summed E-state index contributed by atoms with van der Waals surface area (Å²) in [7, 11) is 0. The molecule has 6 heteroatoms. The van der Waals surface area contributed by atoms with Crippen LogP contribution in [-0.4, -0.2) is 31.5 Å². The minimum absolute atomic E-state index is 0.127. The normalized spacial score (nSPS) is 14.8. The fourth-order valence-corrected chi connectivity index (χ4v) is 2.03. The minimum Gasteiger partial charge on any atom is -0.370 e. The summed E-state index contributed by atoms with van der Waals surface area (Å²) in [4.78, 5) is 16.1. The van der Waals surface area contributed by atoms with Gasteiger partial charge in [-0.2, -0.15) is 0 Å². The van der Waals surface area contributed by atoms with Crippen LogP contribution in [0.4, 0.5) is 0 Å². The third-order valence-electron chi connectivity index (χ3n) is 3.34. The van der Waals surface area contributed by atoms with Crippen molar-refractivity contribution in [1.82, 2.24) is 10.6 Å². The number of nitrogens with one attached hydrogen (secondary N) is 2. The molecule has 0 aliphatic heterocycles. The summed E-state index contributed by atoms with van der Waals surface area (Å²) in [5.74, 6) is 1.18. The number of rotatable bonds is 7. The first-order chi connectivity index (χ1) is 10.1. The molecule has 0 bridgehead atoms. The van der Waals surface area contributed by atoms with Crippen molar-refractivity contribution < 1.29 is 4.79 Å². The van der Waals surface area contributed by atoms with Crippen LogP contribution in [0.3, 0.4) is 0 Å². The van der Waals surface area contributed by atoms with Gasteiger partial charge in [0.1, 0.15) is 0 Å². The summed E-state index contributed by atoms with van der Waals surface area (Å²) >= 11 is 5.77. The number of aliphatic imine (C=N–C) groups is 1. The summed E-state index contributed by atoms with van der Waals surface area (Å²) in [6, 6.07) is 6.77. The standard InChI is InChI=1S/C15H21ClN4O/c16-13-5-3-12(4-6-13)14(21)18-9-10-20-15(17)19-8-7-11-1-2-11/h3-6,11H,1-2,7-10H2,(H,18,21)(H3,17,19,20). The molecule has 0 heterocycles. The molecule has 0 spiro atoms. The van der Waals surface area contributed by atoms with Gasteiger partial charge in [0.05, 0.1) is 0 Å². The summed E-state index contributed by atoms with van der Waals surface area (Å²) < 4.78 is 0. The third kappa shape index (κ3) is 6.04. The van der Waals surface area contributed by atoms with Crippen LogP contribution in [0.25, 0.3) is 0 Å². The zero-order chi connectivity index (χ0) is 15.1. The maximum atomic E-state index is 11.8. The number of carbonyl (C=O) groups excluding carboxylic acids is 1. The van der Waals surface area contributed by atoms with Crippen LogP contribution in [0.1, 0.15) is 29.6 Å². The van der Waals surface area contributed by atoms with E-state index in [2.05, 4.69) is 15.6 Å². The number of amides is 1. The molecule has 0 radical (unpaired) electrons. The number of nitrogens with zero attached hydrogens (tertiary/aromatic N) is 1. The Morgan fingerprint density at radius 3 is 2.57 bits per heavy atom. The topological polar surface area (TPSA) is 79.5 Å². The lowest BCUT2D eigenvalue weighted by molar-refractivity contribution is 0.0954. The van der Waals surface area contributed by atoms with E-state index in [0.29, 0.717) is 29.6 Å². The second-order valence-corrected chi connectivity index (χ2v) is 5.63. The number of hydrogen-bond donors (Lipinski definition) is 3. The summed E-state index contributed by atoms with van der Waals surface area (Å²) in [5, 5.41) is 6.40. The average molecular weight is 309 g/mol. The van der Waals surface area contributed by atoms with E-state index in [4.69, 9.17) is 17.3 Å². The first-order valence-corrected chi connectivity index (χ1v) is 7.60. The molecule has 0 atom stereocenters. The number of carbonyl (C=O) groups is 1. The average Bonchev–Trinajstić information content (AvgIpc) is 3.28. The Bertz CT molecular complexity index is 497. The van der Waals surface area contributed by atoms with E-state index in [1.807, 2.05) is 0 Å². The lowest BCUT2D eigenvalue weighted by Gasteiger charge is -2.07. The summed E-state index contributed by atoms with van der Waals surface area (Å²) in [6.45, 7) is 1.82. The molecule has 1 fully saturated rings. The fourth-order valence-electron chi connectivity index (χ4n) is 1.90. The lowest BCUT2D eigenvalue weighted by atomic mass is 10.2. The lowest BCUT2D eigenvalue weighted by Crippen LogP contribution is -2.38. The van der Waals surface area contributed by atoms with Crippen molar-refractivity contribution in [3.63, 3.8) is 0 Å². The molecule has 1 saturated carbocycles. The van der Waals surface area contributed by atoms with Crippen LogP contribution in [0.2, 0.25) is 5.02 Å². The van der Waals surface area contributed by atoms with Gasteiger partial charge in [-0.15, -0.1) is 0 Å². The number of guanidine groups is 1. The van der Waals surface area contributed by atoms with Crippen molar-refractivity contribution in [3.8, 4) is 0 Å². The van der Waals surface area contributed by atoms with E-state index in [1.54, 1.807) is 24.3 Å². The molecule has 4 N–H and O–H groups in total. The molecule has 1 aromatic rings. The van der Waals surface area contributed by atoms with Gasteiger partial charge < -0.3 is 16.4 Å². The second kappa shape index (κ2) is 7.88. The smallest absolute Gasteiger partial charge is 0.251 e. The quantitative estimate of drug-likeness (QED) is 0.408. The minimum atomic E-state index is -0.127. The first kappa shape index (κ1) is 15.6. The molecule has 0 saturated heterocycles. The molecular formula is C15H21ClN4O. The third-order valence-corrected chi connectivity index (χ3v) is 3.59. The van der Waals surface area contributed by atoms with Crippen LogP contribution in [0, 0.1) is 5.92 Å². The Labute approximate surface area is 130 Å². The Kier molecular flexibility index (Phi) is 5.87. The van der Waals surface area contributed by atoms with Crippen molar-refractivity contribution in [3.05, 3.63) is 34.9 Å². The molecule has 0 unspecified atom stereocenters. The zero-order valence-electron chi connectivity index (χ0n) is 11.9. The van der Waals surface area contributed by atoms with Crippen molar-refractivity contribution in [2.75, 3.05) is 19.6 Å². The highest BCUT2D eigenvalue weighted by molar-refractivity contribution is 6.30. The van der Waals surface area contributed by atoms with Crippen LogP contribution < -0.4 is 16.4 Å². The van der Waals surface area contributed by atoms with E-state index >= 15 is 0 Å². The van der Waals surface area contributed by atoms with Crippen LogP contribution >= 0.6 is 11.6 Å². The van der Waals surface area contributed by atoms with Crippen molar-refractivity contribution in [2.45, 2.75) is 19.3 Å². The van der Waals surface area contributed by atoms with Gasteiger partial charge in [0, 0.05) is 30.2 Å². The van der Waals surface area contributed by atoms with Gasteiger partial charge in [0.2, 0.25) is 0 Å². The number of hydrogen-bond acceptors (Lipinski definition) is 2. The number of benzene rings is 1. The Morgan fingerprint density at radius 2 is 1.90 bits per heavy atom. The highest BCUT2D eigenvalue weighted by Crippen LogP contribution is 2.31. The van der Waals surface area contributed by atoms with Crippen molar-refractivity contribution >= 4 is 23.5 Å². The first-order valence-electron chi connectivity index (χ1n) is 7.22. The van der Waals surface area contributed by atoms with Crippen molar-refractivity contribution in [2.24, 2.45) is 16.6 Å². The molecular weight excluding hydrogens is 288 g/mol. The van der Waals surface area contributed by atoms with E-state index in [0.717, 1.165) is 18.9 Å². The number of nitrogens with two attached hydrogens (primary N) is 1. The van der Waals surface area contributed by atoms with Gasteiger partial charge in [-0.1, -0.05) is 24.4 Å². The van der Waals surface area contributed by atoms with Gasteiger partial charge in [0.25, 0.3) is 5.91 Å². The molecule has 0 aromatic heterocycles. The highest BCUT2D eigenvalue weighted by Gasteiger charge is 2.19. The highest BCUT2D eigenvalue weighted by atomic mass is 35.5. The maximum Gasteiger partial charge on any atom is 0.251 e. The van der Waals surface area contributed by atoms with Gasteiger partial charge >= 0.3 is 0 Å². The molecule has 1 aliphatic carbocycles. The van der Waals surface area contributed by atoms with E-state index in [1.165, 1.54) is 12.8 Å². The number of halogens is 1. The van der Waals surface area contributed by atoms with Gasteiger partial charge in [-0.3, -0.25) is 9.79 Å². The predicted octanol–water partition coefficient (Wildman–Crippen LogP) is 1.77. The monoisotopic (exact) mass is 308 g/mol. The SMILES string of the molecule is NC(=NCCC1CC1)NCCNC(=O)c1ccc(Cl)cc1. The van der Waals surface area contributed by atoms with Crippen molar-refractivity contribution in [1.29, 1.82) is 0 Å². The molecule has 2 rings (SSSR count). The summed E-state index contributed by atoms with van der Waals surface area (Å²) in [5.41, 5.74) is 6.32. The molecule has 21 heavy (non-hydrogen) atoms. The predicted molar refractivity (Wildman–Crippen MR) is 85.6 cm³/mol. The van der Waals surface area contributed by atoms with Crippen LogP contribution in [-0.2, 0) is 0 Å². The van der Waals surface area contributed by atoms with Gasteiger partial charge in [-0.25, -0.2) is 0 Å². The summed E-state index contributed by atoms with van der Waals surface area (Å²) in [6.07, 6.45) is 3.79. The van der Waals surface area contributed by atoms with Crippen LogP contribution in [0.15, 0.2) is 29.3 Å². The van der Waals surface area contributed by atoms with E-state index in [9.17, 15) is 4.79 Å². The zero-order valence-corrected chi connectivity index (χ0v) is 12.7. The molecule has 1 aromatic carbocycles. The molecule has 5 nitrogen and oxygen atoms in total. The van der Waals surface area contributed by atoms with E-state index < -0.39 is 0 Å². The molecule has 1 amide bonds. The van der Waals surface area contributed by atoms with Gasteiger partial charge in [-0.05, 0) is 36.6 Å². The van der Waals surface area contributed by atoms with E-state index in [-0.39, 0.29) is 5.91 Å². The second-order valence-electron chi connectivity index (χ2n) is 5.19. The van der Waals surface area contributed by atoms with Gasteiger partial charge in [0.15, 0.2) is 5.96 Å². The Balaban J connectivity index is 1.59. The Morgan fingerprint density at radius 1 is 1.24 bits per heavy atom. The molecule has 1 aliphatic rings. The fraction of sp³-hybridized carbons (Fsp3) is 0.467. The van der Waals surface area contributed by atoms with Crippen LogP contribution in [0.5, 0.6) is 0 Å². The molecule has 114 valence electrons. The Hall–Kier alpha value is -1.75. The largest absolute Gasteiger partial charge is 0.370 e.